The van der Waals surface area contributed by atoms with Gasteiger partial charge in [0.05, 0.1) is 6.07 Å². The van der Waals surface area contributed by atoms with Gasteiger partial charge in [0.2, 0.25) is 0 Å². The number of phenolic OH excluding ortho intramolecular Hbond substituents is 1. The van der Waals surface area contributed by atoms with Crippen molar-refractivity contribution in [2.24, 2.45) is 0 Å². The number of piperidine rings is 1. The summed E-state index contributed by atoms with van der Waals surface area (Å²) in [6, 6.07) is 21.2. The molecule has 31 heavy (non-hydrogen) atoms. The van der Waals surface area contributed by atoms with Crippen LogP contribution in [0.5, 0.6) is 5.75 Å². The van der Waals surface area contributed by atoms with Crippen LogP contribution in [0.2, 0.25) is 0 Å². The van der Waals surface area contributed by atoms with E-state index in [2.05, 4.69) is 64.1 Å². The van der Waals surface area contributed by atoms with Gasteiger partial charge in [-0.3, -0.25) is 10.2 Å². The number of hydrogen-bond donors (Lipinski definition) is 3. The summed E-state index contributed by atoms with van der Waals surface area (Å²) in [7, 11) is 0. The average Bonchev–Trinajstić information content (AvgIpc) is 3.29. The highest BCUT2D eigenvalue weighted by molar-refractivity contribution is 5.35. The average molecular weight is 417 g/mol. The number of nitrogens with one attached hydrogen (secondary N) is 2. The van der Waals surface area contributed by atoms with Gasteiger partial charge in [0.15, 0.2) is 0 Å². The topological polar surface area (TPSA) is 71.3 Å². The molecule has 1 aliphatic carbocycles. The third kappa shape index (κ3) is 3.53. The SMILES string of the molecule is N#CC1(N2CCC3(CNCN3)C(c3ccc(O)cc3)C2)CCCCC1c1ccccc1. The van der Waals surface area contributed by atoms with Gasteiger partial charge >= 0.3 is 0 Å². The Kier molecular flexibility index (Phi) is 5.47. The molecule has 4 atom stereocenters. The second kappa shape index (κ2) is 8.27. The molecule has 4 unspecified atom stereocenters. The zero-order chi connectivity index (χ0) is 21.3. The summed E-state index contributed by atoms with van der Waals surface area (Å²) in [5.41, 5.74) is 2.08. The zero-order valence-electron chi connectivity index (χ0n) is 18.1. The van der Waals surface area contributed by atoms with Crippen molar-refractivity contribution in [3.63, 3.8) is 0 Å². The maximum absolute atomic E-state index is 10.6. The van der Waals surface area contributed by atoms with Crippen molar-refractivity contribution in [2.75, 3.05) is 26.3 Å². The number of rotatable bonds is 3. The van der Waals surface area contributed by atoms with Gasteiger partial charge < -0.3 is 10.4 Å². The summed E-state index contributed by atoms with van der Waals surface area (Å²) >= 11 is 0. The number of likely N-dealkylation sites (tertiary alicyclic amines) is 1. The summed E-state index contributed by atoms with van der Waals surface area (Å²) in [5.74, 6) is 0.810. The number of nitriles is 1. The maximum Gasteiger partial charge on any atom is 0.116 e. The first-order valence-corrected chi connectivity index (χ1v) is 11.6. The molecule has 1 saturated carbocycles. The lowest BCUT2D eigenvalue weighted by Crippen LogP contribution is -2.64. The largest absolute Gasteiger partial charge is 0.508 e. The predicted octanol–water partition coefficient (Wildman–Crippen LogP) is 3.69. The van der Waals surface area contributed by atoms with Crippen molar-refractivity contribution < 1.29 is 5.11 Å². The van der Waals surface area contributed by atoms with Gasteiger partial charge in [-0.15, -0.1) is 0 Å². The van der Waals surface area contributed by atoms with Crippen LogP contribution >= 0.6 is 0 Å². The Hall–Kier alpha value is -2.39. The van der Waals surface area contributed by atoms with Crippen molar-refractivity contribution >= 4 is 0 Å². The Morgan fingerprint density at radius 1 is 0.968 bits per heavy atom. The molecule has 162 valence electrons. The monoisotopic (exact) mass is 416 g/mol. The van der Waals surface area contributed by atoms with Crippen LogP contribution in [0.25, 0.3) is 0 Å². The summed E-state index contributed by atoms with van der Waals surface area (Å²) < 4.78 is 0. The molecule has 0 radical (unpaired) electrons. The number of phenols is 1. The molecule has 5 nitrogen and oxygen atoms in total. The fourth-order valence-electron chi connectivity index (χ4n) is 6.37. The minimum Gasteiger partial charge on any atom is -0.508 e. The molecule has 5 heteroatoms. The number of aromatic hydroxyl groups is 1. The normalized spacial score (nSPS) is 33.9. The molecular weight excluding hydrogens is 384 g/mol. The van der Waals surface area contributed by atoms with Gasteiger partial charge in [-0.05, 0) is 42.5 Å². The molecule has 5 rings (SSSR count). The summed E-state index contributed by atoms with van der Waals surface area (Å²) in [6.07, 6.45) is 5.32. The summed E-state index contributed by atoms with van der Waals surface area (Å²) in [4.78, 5) is 2.51. The molecular formula is C26H32N4O. The van der Waals surface area contributed by atoms with E-state index in [1.54, 1.807) is 12.1 Å². The van der Waals surface area contributed by atoms with E-state index in [4.69, 9.17) is 0 Å². The van der Waals surface area contributed by atoms with Crippen LogP contribution < -0.4 is 10.6 Å². The lowest BCUT2D eigenvalue weighted by molar-refractivity contribution is 0.0225. The third-order valence-corrected chi connectivity index (χ3v) is 8.04. The van der Waals surface area contributed by atoms with Gasteiger partial charge in [0.25, 0.3) is 0 Å². The minimum atomic E-state index is -0.456. The van der Waals surface area contributed by atoms with Crippen LogP contribution in [-0.2, 0) is 0 Å². The van der Waals surface area contributed by atoms with Crippen LogP contribution in [0, 0.1) is 11.3 Å². The van der Waals surface area contributed by atoms with Gasteiger partial charge in [0, 0.05) is 43.7 Å². The van der Waals surface area contributed by atoms with E-state index < -0.39 is 5.54 Å². The first-order valence-electron chi connectivity index (χ1n) is 11.6. The molecule has 2 aromatic rings. The molecule has 0 bridgehead atoms. The van der Waals surface area contributed by atoms with E-state index in [-0.39, 0.29) is 17.4 Å². The summed E-state index contributed by atoms with van der Waals surface area (Å²) in [5, 5.41) is 27.7. The number of hydrogen-bond acceptors (Lipinski definition) is 5. The van der Waals surface area contributed by atoms with Gasteiger partial charge in [0.1, 0.15) is 11.3 Å². The second-order valence-corrected chi connectivity index (χ2v) is 9.52. The first-order chi connectivity index (χ1) is 15.2. The fraction of sp³-hybridized carbons (Fsp3) is 0.500. The first kappa shape index (κ1) is 20.5. The Morgan fingerprint density at radius 2 is 1.74 bits per heavy atom. The standard InChI is InChI=1S/C26H32N4O/c27-17-26(13-5-4-8-23(26)20-6-2-1-3-7-20)30-15-14-25(18-28-19-29-25)24(16-30)21-9-11-22(31)12-10-21/h1-3,6-7,9-12,23-24,28-29,31H,4-5,8,13-16,18-19H2. The lowest BCUT2D eigenvalue weighted by Gasteiger charge is -2.54. The van der Waals surface area contributed by atoms with E-state index in [1.165, 1.54) is 17.5 Å². The maximum atomic E-state index is 10.6. The molecule has 0 aromatic heterocycles. The zero-order valence-corrected chi connectivity index (χ0v) is 18.1. The van der Waals surface area contributed by atoms with E-state index >= 15 is 0 Å². The Balaban J connectivity index is 1.51. The van der Waals surface area contributed by atoms with Gasteiger partial charge in [-0.25, -0.2) is 0 Å². The summed E-state index contributed by atoms with van der Waals surface area (Å²) in [6.45, 7) is 3.55. The Labute approximate surface area is 185 Å². The predicted molar refractivity (Wildman–Crippen MR) is 122 cm³/mol. The van der Waals surface area contributed by atoms with E-state index in [0.717, 1.165) is 52.0 Å². The third-order valence-electron chi connectivity index (χ3n) is 8.04. The van der Waals surface area contributed by atoms with E-state index in [1.807, 2.05) is 0 Å². The fourth-order valence-corrected chi connectivity index (χ4v) is 6.37. The van der Waals surface area contributed by atoms with Crippen molar-refractivity contribution in [2.45, 2.75) is 55.0 Å². The van der Waals surface area contributed by atoms with Crippen LogP contribution in [-0.4, -0.2) is 47.4 Å². The number of nitrogens with zero attached hydrogens (tertiary/aromatic N) is 2. The highest BCUT2D eigenvalue weighted by Gasteiger charge is 2.53. The molecule has 2 saturated heterocycles. The van der Waals surface area contributed by atoms with Crippen LogP contribution in [0.15, 0.2) is 54.6 Å². The van der Waals surface area contributed by atoms with Crippen molar-refractivity contribution in [3.8, 4) is 11.8 Å². The second-order valence-electron chi connectivity index (χ2n) is 9.52. The molecule has 2 heterocycles. The molecule has 3 fully saturated rings. The quantitative estimate of drug-likeness (QED) is 0.712. The molecule has 3 aliphatic rings. The van der Waals surface area contributed by atoms with Gasteiger partial charge in [-0.2, -0.15) is 5.26 Å². The van der Waals surface area contributed by atoms with Gasteiger partial charge in [-0.1, -0.05) is 55.3 Å². The number of benzene rings is 2. The van der Waals surface area contributed by atoms with Crippen LogP contribution in [0.4, 0.5) is 0 Å². The highest BCUT2D eigenvalue weighted by atomic mass is 16.3. The molecule has 2 aromatic carbocycles. The highest BCUT2D eigenvalue weighted by Crippen LogP contribution is 2.48. The molecule has 1 spiro atoms. The molecule has 0 amide bonds. The Bertz CT molecular complexity index is 932. The Morgan fingerprint density at radius 3 is 2.45 bits per heavy atom. The van der Waals surface area contributed by atoms with Crippen LogP contribution in [0.1, 0.15) is 55.1 Å². The lowest BCUT2D eigenvalue weighted by atomic mass is 9.66. The van der Waals surface area contributed by atoms with Crippen molar-refractivity contribution in [1.29, 1.82) is 5.26 Å². The van der Waals surface area contributed by atoms with Crippen LogP contribution in [0.3, 0.4) is 0 Å². The molecule has 3 N–H and O–H groups in total. The van der Waals surface area contributed by atoms with E-state index in [9.17, 15) is 10.4 Å². The van der Waals surface area contributed by atoms with Crippen molar-refractivity contribution in [3.05, 3.63) is 65.7 Å². The minimum absolute atomic E-state index is 0.00102. The van der Waals surface area contributed by atoms with Crippen molar-refractivity contribution in [1.82, 2.24) is 15.5 Å². The molecule has 2 aliphatic heterocycles. The van der Waals surface area contributed by atoms with E-state index in [0.29, 0.717) is 5.75 Å². The smallest absolute Gasteiger partial charge is 0.116 e.